The molecule has 0 atom stereocenters. The molecule has 0 aliphatic rings. The summed E-state index contributed by atoms with van der Waals surface area (Å²) in [6, 6.07) is 12.1. The molecule has 2 aromatic rings. The van der Waals surface area contributed by atoms with Crippen LogP contribution in [0.5, 0.6) is 11.5 Å². The third-order valence-electron chi connectivity index (χ3n) is 4.00. The highest BCUT2D eigenvalue weighted by Gasteiger charge is 2.09. The molecule has 0 aliphatic heterocycles. The van der Waals surface area contributed by atoms with Crippen LogP contribution in [-0.4, -0.2) is 38.0 Å². The normalized spacial score (nSPS) is 10.6. The number of primary amides is 1. The maximum Gasteiger partial charge on any atom is 0.331 e. The number of methoxy groups -OCH3 is 1. The fourth-order valence-corrected chi connectivity index (χ4v) is 2.41. The molecule has 0 bridgehead atoms. The van der Waals surface area contributed by atoms with Gasteiger partial charge in [0.05, 0.1) is 7.11 Å². The molecular formula is C22H23NO6. The summed E-state index contributed by atoms with van der Waals surface area (Å²) in [5, 5.41) is 0. The average Bonchev–Trinajstić information content (AvgIpc) is 2.74. The molecule has 1 amide bonds. The number of carbonyl (C=O) groups excluding carboxylic acids is 3. The zero-order chi connectivity index (χ0) is 21.2. The predicted octanol–water partition coefficient (Wildman–Crippen LogP) is 2.56. The number of Topliss-reactive ketones (excluding diaryl/α,β-unsaturated/α-hetero) is 1. The van der Waals surface area contributed by atoms with Gasteiger partial charge in [0.25, 0.3) is 5.91 Å². The summed E-state index contributed by atoms with van der Waals surface area (Å²) >= 11 is 0. The molecule has 0 saturated carbocycles. The Balaban J connectivity index is 1.92. The Morgan fingerprint density at radius 2 is 1.72 bits per heavy atom. The Hall–Kier alpha value is -3.61. The van der Waals surface area contributed by atoms with Crippen LogP contribution in [0.15, 0.2) is 48.5 Å². The van der Waals surface area contributed by atoms with Gasteiger partial charge in [-0.2, -0.15) is 0 Å². The van der Waals surface area contributed by atoms with E-state index in [1.807, 2.05) is 19.1 Å². The molecular weight excluding hydrogens is 374 g/mol. The molecule has 2 aromatic carbocycles. The van der Waals surface area contributed by atoms with Crippen molar-refractivity contribution in [3.8, 4) is 11.5 Å². The highest BCUT2D eigenvalue weighted by Crippen LogP contribution is 2.28. The van der Waals surface area contributed by atoms with Gasteiger partial charge in [-0.3, -0.25) is 9.59 Å². The zero-order valence-electron chi connectivity index (χ0n) is 16.3. The Kier molecular flexibility index (Phi) is 7.97. The highest BCUT2D eigenvalue weighted by atomic mass is 16.5. The van der Waals surface area contributed by atoms with E-state index in [9.17, 15) is 14.4 Å². The first-order valence-electron chi connectivity index (χ1n) is 8.99. The second-order valence-electron chi connectivity index (χ2n) is 6.08. The lowest BCUT2D eigenvalue weighted by Gasteiger charge is -2.09. The van der Waals surface area contributed by atoms with Crippen LogP contribution in [0.4, 0.5) is 0 Å². The van der Waals surface area contributed by atoms with Crippen molar-refractivity contribution in [1.29, 1.82) is 0 Å². The number of esters is 1. The summed E-state index contributed by atoms with van der Waals surface area (Å²) in [5.74, 6) is -0.781. The van der Waals surface area contributed by atoms with Crippen molar-refractivity contribution in [2.24, 2.45) is 5.73 Å². The van der Waals surface area contributed by atoms with Crippen LogP contribution in [0.1, 0.15) is 28.4 Å². The SMILES string of the molecule is CCc1ccc(C(=O)COC(=O)/C=C/c2ccc(OCC(N)=O)c(OC)c2)cc1. The molecule has 0 aromatic heterocycles. The Labute approximate surface area is 169 Å². The molecule has 0 fully saturated rings. The summed E-state index contributed by atoms with van der Waals surface area (Å²) < 4.78 is 15.4. The van der Waals surface area contributed by atoms with Crippen molar-refractivity contribution in [2.75, 3.05) is 20.3 Å². The minimum atomic E-state index is -0.642. The van der Waals surface area contributed by atoms with Crippen LogP contribution in [0.3, 0.4) is 0 Å². The lowest BCUT2D eigenvalue weighted by atomic mass is 10.1. The van der Waals surface area contributed by atoms with E-state index < -0.39 is 11.9 Å². The fraction of sp³-hybridized carbons (Fsp3) is 0.227. The van der Waals surface area contributed by atoms with Gasteiger partial charge in [0.1, 0.15) is 0 Å². The first-order chi connectivity index (χ1) is 13.9. The third kappa shape index (κ3) is 6.80. The van der Waals surface area contributed by atoms with Crippen LogP contribution in [-0.2, 0) is 20.7 Å². The lowest BCUT2D eigenvalue weighted by Crippen LogP contribution is -2.20. The number of hydrogen-bond acceptors (Lipinski definition) is 6. The van der Waals surface area contributed by atoms with Gasteiger partial charge in [0.2, 0.25) is 0 Å². The number of nitrogens with two attached hydrogens (primary N) is 1. The van der Waals surface area contributed by atoms with Crippen molar-refractivity contribution in [1.82, 2.24) is 0 Å². The topological polar surface area (TPSA) is 105 Å². The van der Waals surface area contributed by atoms with Crippen molar-refractivity contribution in [3.05, 3.63) is 65.2 Å². The van der Waals surface area contributed by atoms with Crippen LogP contribution >= 0.6 is 0 Å². The molecule has 0 saturated heterocycles. The minimum absolute atomic E-state index is 0.271. The molecule has 7 nitrogen and oxygen atoms in total. The monoisotopic (exact) mass is 397 g/mol. The number of aryl methyl sites for hydroxylation is 1. The zero-order valence-corrected chi connectivity index (χ0v) is 16.3. The van der Waals surface area contributed by atoms with Gasteiger partial charge in [-0.15, -0.1) is 0 Å². The van der Waals surface area contributed by atoms with E-state index in [0.29, 0.717) is 22.6 Å². The maximum atomic E-state index is 12.1. The van der Waals surface area contributed by atoms with Crippen molar-refractivity contribution < 1.29 is 28.6 Å². The molecule has 2 rings (SSSR count). The van der Waals surface area contributed by atoms with Gasteiger partial charge in [-0.05, 0) is 35.8 Å². The van der Waals surface area contributed by atoms with Gasteiger partial charge in [-0.25, -0.2) is 4.79 Å². The third-order valence-corrected chi connectivity index (χ3v) is 4.00. The van der Waals surface area contributed by atoms with Crippen molar-refractivity contribution in [2.45, 2.75) is 13.3 Å². The largest absolute Gasteiger partial charge is 0.493 e. The van der Waals surface area contributed by atoms with E-state index in [4.69, 9.17) is 19.9 Å². The number of benzene rings is 2. The van der Waals surface area contributed by atoms with E-state index in [-0.39, 0.29) is 19.0 Å². The van der Waals surface area contributed by atoms with E-state index in [2.05, 4.69) is 0 Å². The van der Waals surface area contributed by atoms with E-state index in [1.165, 1.54) is 19.3 Å². The second-order valence-corrected chi connectivity index (χ2v) is 6.08. The standard InChI is InChI=1S/C22H23NO6/c1-3-15-4-8-17(9-5-15)18(24)13-29-22(26)11-7-16-6-10-19(20(12-16)27-2)28-14-21(23)25/h4-12H,3,13-14H2,1-2H3,(H2,23,25)/b11-7+. The summed E-state index contributed by atoms with van der Waals surface area (Å²) in [7, 11) is 1.45. The highest BCUT2D eigenvalue weighted by molar-refractivity contribution is 5.98. The van der Waals surface area contributed by atoms with E-state index in [0.717, 1.165) is 12.0 Å². The van der Waals surface area contributed by atoms with Gasteiger partial charge < -0.3 is 19.9 Å². The molecule has 29 heavy (non-hydrogen) atoms. The van der Waals surface area contributed by atoms with E-state index in [1.54, 1.807) is 30.3 Å². The molecule has 0 radical (unpaired) electrons. The van der Waals surface area contributed by atoms with Gasteiger partial charge >= 0.3 is 5.97 Å². The summed E-state index contributed by atoms with van der Waals surface area (Å²) in [6.07, 6.45) is 3.62. The number of ether oxygens (including phenoxy) is 3. The Bertz CT molecular complexity index is 902. The summed E-state index contributed by atoms with van der Waals surface area (Å²) in [6.45, 7) is 1.42. The number of ketones is 1. The summed E-state index contributed by atoms with van der Waals surface area (Å²) in [4.78, 5) is 34.8. The molecule has 0 unspecified atom stereocenters. The van der Waals surface area contributed by atoms with Crippen LogP contribution in [0.25, 0.3) is 6.08 Å². The smallest absolute Gasteiger partial charge is 0.331 e. The maximum absolute atomic E-state index is 12.1. The number of rotatable bonds is 10. The van der Waals surface area contributed by atoms with Gasteiger partial charge in [0.15, 0.2) is 30.5 Å². The predicted molar refractivity (Wildman–Crippen MR) is 108 cm³/mol. The quantitative estimate of drug-likeness (QED) is 0.375. The first kappa shape index (κ1) is 21.7. The molecule has 2 N–H and O–H groups in total. The number of carbonyl (C=O) groups is 3. The minimum Gasteiger partial charge on any atom is -0.493 e. The van der Waals surface area contributed by atoms with Crippen LogP contribution in [0.2, 0.25) is 0 Å². The Morgan fingerprint density at radius 1 is 1.00 bits per heavy atom. The van der Waals surface area contributed by atoms with Gasteiger partial charge in [-0.1, -0.05) is 37.3 Å². The van der Waals surface area contributed by atoms with Gasteiger partial charge in [0, 0.05) is 11.6 Å². The Morgan fingerprint density at radius 3 is 2.34 bits per heavy atom. The van der Waals surface area contributed by atoms with Crippen molar-refractivity contribution >= 4 is 23.7 Å². The average molecular weight is 397 g/mol. The second kappa shape index (κ2) is 10.7. The number of amides is 1. The first-order valence-corrected chi connectivity index (χ1v) is 8.99. The van der Waals surface area contributed by atoms with Crippen molar-refractivity contribution in [3.63, 3.8) is 0 Å². The fourth-order valence-electron chi connectivity index (χ4n) is 2.41. The molecule has 7 heteroatoms. The molecule has 152 valence electrons. The van der Waals surface area contributed by atoms with Crippen LogP contribution in [0, 0.1) is 0 Å². The van der Waals surface area contributed by atoms with Crippen LogP contribution < -0.4 is 15.2 Å². The number of hydrogen-bond donors (Lipinski definition) is 1. The summed E-state index contributed by atoms with van der Waals surface area (Å²) in [5.41, 5.74) is 7.32. The molecule has 0 spiro atoms. The van der Waals surface area contributed by atoms with E-state index >= 15 is 0 Å². The lowest BCUT2D eigenvalue weighted by molar-refractivity contribution is -0.136. The molecule has 0 heterocycles. The molecule has 0 aliphatic carbocycles.